The van der Waals surface area contributed by atoms with E-state index in [4.69, 9.17) is 0 Å². The number of nitrogens with one attached hydrogen (secondary N) is 1. The van der Waals surface area contributed by atoms with Gasteiger partial charge in [0, 0.05) is 11.7 Å². The van der Waals surface area contributed by atoms with Gasteiger partial charge in [-0.15, -0.1) is 5.10 Å². The molecule has 2 aromatic carbocycles. The molecular weight excluding hydrogens is 269 g/mol. The van der Waals surface area contributed by atoms with Crippen molar-refractivity contribution in [3.8, 4) is 5.69 Å². The van der Waals surface area contributed by atoms with E-state index in [1.54, 1.807) is 23.1 Å². The van der Waals surface area contributed by atoms with Crippen molar-refractivity contribution in [3.05, 3.63) is 66.2 Å². The molecule has 3 rings (SSSR count). The summed E-state index contributed by atoms with van der Waals surface area (Å²) in [6, 6.07) is 14.3. The highest BCUT2D eigenvalue weighted by Crippen LogP contribution is 2.21. The van der Waals surface area contributed by atoms with Gasteiger partial charge in [0.1, 0.15) is 12.1 Å². The molecule has 0 radical (unpaired) electrons. The molecule has 0 aliphatic rings. The monoisotopic (exact) mass is 283 g/mol. The maximum atomic E-state index is 12.9. The molecular formula is C15H14FN5. The average molecular weight is 283 g/mol. The number of aromatic nitrogens is 4. The molecule has 0 aliphatic heterocycles. The Bertz CT molecular complexity index is 709. The normalized spacial score (nSPS) is 12.1. The largest absolute Gasteiger partial charge is 0.378 e. The summed E-state index contributed by atoms with van der Waals surface area (Å²) in [5.74, 6) is -0.230. The topological polar surface area (TPSA) is 55.6 Å². The second-order valence-corrected chi connectivity index (χ2v) is 4.72. The predicted molar refractivity (Wildman–Crippen MR) is 77.6 cm³/mol. The van der Waals surface area contributed by atoms with E-state index in [1.807, 2.05) is 31.2 Å². The van der Waals surface area contributed by atoms with Crippen LogP contribution in [0.1, 0.15) is 18.5 Å². The number of hydrogen-bond donors (Lipinski definition) is 1. The van der Waals surface area contributed by atoms with Crippen molar-refractivity contribution in [2.75, 3.05) is 5.32 Å². The Morgan fingerprint density at radius 2 is 1.95 bits per heavy atom. The highest BCUT2D eigenvalue weighted by Gasteiger charge is 2.06. The number of rotatable bonds is 4. The van der Waals surface area contributed by atoms with Crippen LogP contribution in [0.3, 0.4) is 0 Å². The molecule has 0 amide bonds. The van der Waals surface area contributed by atoms with Gasteiger partial charge in [0.15, 0.2) is 0 Å². The molecule has 0 bridgehead atoms. The maximum absolute atomic E-state index is 12.9. The van der Waals surface area contributed by atoms with Gasteiger partial charge in [-0.3, -0.25) is 0 Å². The molecule has 0 aliphatic carbocycles. The third-order valence-electron chi connectivity index (χ3n) is 3.21. The first-order chi connectivity index (χ1) is 10.2. The maximum Gasteiger partial charge on any atom is 0.143 e. The number of hydrogen-bond acceptors (Lipinski definition) is 4. The Morgan fingerprint density at radius 1 is 1.14 bits per heavy atom. The molecule has 3 aromatic rings. The van der Waals surface area contributed by atoms with Gasteiger partial charge in [-0.05, 0) is 53.2 Å². The Kier molecular flexibility index (Phi) is 3.59. The second kappa shape index (κ2) is 5.70. The molecule has 0 fully saturated rings. The van der Waals surface area contributed by atoms with Gasteiger partial charge >= 0.3 is 0 Å². The smallest absolute Gasteiger partial charge is 0.143 e. The lowest BCUT2D eigenvalue weighted by atomic mass is 10.1. The first-order valence-corrected chi connectivity index (χ1v) is 6.58. The SMILES string of the molecule is CC(Nc1cccc(-n2cnnn2)c1)c1ccc(F)cc1. The Morgan fingerprint density at radius 3 is 2.67 bits per heavy atom. The molecule has 21 heavy (non-hydrogen) atoms. The molecule has 1 heterocycles. The van der Waals surface area contributed by atoms with Crippen LogP contribution in [0.25, 0.3) is 5.69 Å². The molecule has 0 saturated carbocycles. The molecule has 5 nitrogen and oxygen atoms in total. The van der Waals surface area contributed by atoms with Crippen molar-refractivity contribution < 1.29 is 4.39 Å². The van der Waals surface area contributed by atoms with Crippen molar-refractivity contribution in [1.82, 2.24) is 20.2 Å². The first kappa shape index (κ1) is 13.2. The number of nitrogens with zero attached hydrogens (tertiary/aromatic N) is 4. The van der Waals surface area contributed by atoms with E-state index in [0.29, 0.717) is 0 Å². The molecule has 0 spiro atoms. The van der Waals surface area contributed by atoms with Crippen LogP contribution in [0.4, 0.5) is 10.1 Å². The summed E-state index contributed by atoms with van der Waals surface area (Å²) in [6.45, 7) is 2.02. The molecule has 0 saturated heterocycles. The van der Waals surface area contributed by atoms with Gasteiger partial charge in [0.05, 0.1) is 5.69 Å². The first-order valence-electron chi connectivity index (χ1n) is 6.58. The van der Waals surface area contributed by atoms with E-state index in [2.05, 4.69) is 20.8 Å². The van der Waals surface area contributed by atoms with Crippen molar-refractivity contribution in [1.29, 1.82) is 0 Å². The van der Waals surface area contributed by atoms with Crippen LogP contribution >= 0.6 is 0 Å². The van der Waals surface area contributed by atoms with Crippen molar-refractivity contribution in [3.63, 3.8) is 0 Å². The van der Waals surface area contributed by atoms with Crippen LogP contribution in [0, 0.1) is 5.82 Å². The summed E-state index contributed by atoms with van der Waals surface area (Å²) >= 11 is 0. The zero-order valence-corrected chi connectivity index (χ0v) is 11.4. The standard InChI is InChI=1S/C15H14FN5/c1-11(12-5-7-13(16)8-6-12)18-14-3-2-4-15(9-14)21-10-17-19-20-21/h2-11,18H,1H3. The molecule has 1 atom stereocenters. The summed E-state index contributed by atoms with van der Waals surface area (Å²) in [6.07, 6.45) is 1.54. The Labute approximate surface area is 121 Å². The Balaban J connectivity index is 1.78. The lowest BCUT2D eigenvalue weighted by Crippen LogP contribution is -2.07. The van der Waals surface area contributed by atoms with Crippen molar-refractivity contribution in [2.24, 2.45) is 0 Å². The highest BCUT2D eigenvalue weighted by molar-refractivity contribution is 5.52. The highest BCUT2D eigenvalue weighted by atomic mass is 19.1. The summed E-state index contributed by atoms with van der Waals surface area (Å²) < 4.78 is 14.5. The minimum atomic E-state index is -0.230. The minimum Gasteiger partial charge on any atom is -0.378 e. The fourth-order valence-electron chi connectivity index (χ4n) is 2.10. The quantitative estimate of drug-likeness (QED) is 0.799. The van der Waals surface area contributed by atoms with Gasteiger partial charge in [0.2, 0.25) is 0 Å². The number of tetrazole rings is 1. The van der Waals surface area contributed by atoms with Crippen molar-refractivity contribution >= 4 is 5.69 Å². The van der Waals surface area contributed by atoms with Crippen LogP contribution in [-0.4, -0.2) is 20.2 Å². The van der Waals surface area contributed by atoms with Gasteiger partial charge in [-0.1, -0.05) is 18.2 Å². The fourth-order valence-corrected chi connectivity index (χ4v) is 2.10. The van der Waals surface area contributed by atoms with E-state index in [9.17, 15) is 4.39 Å². The van der Waals surface area contributed by atoms with E-state index in [-0.39, 0.29) is 11.9 Å². The molecule has 1 unspecified atom stereocenters. The van der Waals surface area contributed by atoms with E-state index < -0.39 is 0 Å². The van der Waals surface area contributed by atoms with Gasteiger partial charge in [-0.25, -0.2) is 9.07 Å². The number of benzene rings is 2. The molecule has 1 aromatic heterocycles. The van der Waals surface area contributed by atoms with Gasteiger partial charge in [0.25, 0.3) is 0 Å². The zero-order chi connectivity index (χ0) is 14.7. The van der Waals surface area contributed by atoms with Crippen LogP contribution in [0.5, 0.6) is 0 Å². The van der Waals surface area contributed by atoms with Crippen LogP contribution in [0.2, 0.25) is 0 Å². The second-order valence-electron chi connectivity index (χ2n) is 4.72. The summed E-state index contributed by atoms with van der Waals surface area (Å²) in [7, 11) is 0. The van der Waals surface area contributed by atoms with Crippen LogP contribution in [0.15, 0.2) is 54.9 Å². The van der Waals surface area contributed by atoms with E-state index >= 15 is 0 Å². The number of anilines is 1. The summed E-state index contributed by atoms with van der Waals surface area (Å²) in [5.41, 5.74) is 2.83. The third-order valence-corrected chi connectivity index (χ3v) is 3.21. The summed E-state index contributed by atoms with van der Waals surface area (Å²) in [4.78, 5) is 0. The van der Waals surface area contributed by atoms with Crippen LogP contribution in [-0.2, 0) is 0 Å². The van der Waals surface area contributed by atoms with Crippen LogP contribution < -0.4 is 5.32 Å². The Hall–Kier alpha value is -2.76. The van der Waals surface area contributed by atoms with E-state index in [0.717, 1.165) is 16.9 Å². The predicted octanol–water partition coefficient (Wildman–Crippen LogP) is 2.97. The van der Waals surface area contributed by atoms with E-state index in [1.165, 1.54) is 12.1 Å². The average Bonchev–Trinajstić information content (AvgIpc) is 3.02. The molecule has 1 N–H and O–H groups in total. The zero-order valence-electron chi connectivity index (χ0n) is 11.4. The third kappa shape index (κ3) is 3.05. The molecule has 106 valence electrons. The lowest BCUT2D eigenvalue weighted by Gasteiger charge is -2.16. The van der Waals surface area contributed by atoms with Crippen molar-refractivity contribution in [2.45, 2.75) is 13.0 Å². The number of halogens is 1. The summed E-state index contributed by atoms with van der Waals surface area (Å²) in [5, 5.41) is 14.5. The molecule has 6 heteroatoms. The minimum absolute atomic E-state index is 0.0646. The van der Waals surface area contributed by atoms with Gasteiger partial charge < -0.3 is 5.32 Å². The fraction of sp³-hybridized carbons (Fsp3) is 0.133. The lowest BCUT2D eigenvalue weighted by molar-refractivity contribution is 0.626. The van der Waals surface area contributed by atoms with Gasteiger partial charge in [-0.2, -0.15) is 0 Å².